The van der Waals surface area contributed by atoms with Crippen LogP contribution in [0.3, 0.4) is 0 Å². The Morgan fingerprint density at radius 1 is 0.442 bits per heavy atom. The molecule has 1 aliphatic rings. The molecule has 0 bridgehead atoms. The van der Waals surface area contributed by atoms with E-state index in [1.54, 1.807) is 0 Å². The molecular weight excluding hydrogens is 631 g/mol. The fourth-order valence-corrected chi connectivity index (χ4v) is 8.91. The Hall–Kier alpha value is -6.58. The van der Waals surface area contributed by atoms with Crippen molar-refractivity contribution in [2.45, 2.75) is 19.3 Å². The van der Waals surface area contributed by atoms with Crippen LogP contribution < -0.4 is 0 Å². The van der Waals surface area contributed by atoms with Crippen LogP contribution in [0.4, 0.5) is 0 Å². The van der Waals surface area contributed by atoms with Gasteiger partial charge in [0.15, 0.2) is 0 Å². The van der Waals surface area contributed by atoms with Gasteiger partial charge in [-0.05, 0) is 56.1 Å². The van der Waals surface area contributed by atoms with Gasteiger partial charge in [0.1, 0.15) is 0 Å². The summed E-state index contributed by atoms with van der Waals surface area (Å²) in [6, 6.07) is 59.2. The number of benzene rings is 8. The molecule has 0 radical (unpaired) electrons. The lowest BCUT2D eigenvalue weighted by Gasteiger charge is -2.22. The van der Waals surface area contributed by atoms with E-state index in [1.165, 1.54) is 60.1 Å². The summed E-state index contributed by atoms with van der Waals surface area (Å²) in [6.45, 7) is 4.74. The highest BCUT2D eigenvalue weighted by molar-refractivity contribution is 6.21. The van der Waals surface area contributed by atoms with Gasteiger partial charge >= 0.3 is 0 Å². The third-order valence-electron chi connectivity index (χ3n) is 11.4. The molecule has 3 heteroatoms. The summed E-state index contributed by atoms with van der Waals surface area (Å²) in [6.07, 6.45) is 0. The number of nitrogens with zero attached hydrogens (tertiary/aromatic N) is 3. The van der Waals surface area contributed by atoms with Crippen LogP contribution in [0.15, 0.2) is 164 Å². The standard InChI is InChI=1S/C49H33N3/c1-49(2)41-28-25-30-13-6-8-17-34(30)44(41)39-27-24-33(29-42(39)49)36-20-12-21-37-38-26-23-31-14-7-9-18-35(31)46(38)52(47(36)37)48-50-43-22-11-10-19-40(43)45(51-48)32-15-4-3-5-16-32/h3-29H,1-2H3. The van der Waals surface area contributed by atoms with Gasteiger partial charge in [-0.25, -0.2) is 9.97 Å². The molecule has 0 spiro atoms. The lowest BCUT2D eigenvalue weighted by atomic mass is 9.81. The van der Waals surface area contributed by atoms with Gasteiger partial charge in [0, 0.05) is 38.1 Å². The van der Waals surface area contributed by atoms with Crippen LogP contribution in [0.2, 0.25) is 0 Å². The van der Waals surface area contributed by atoms with Crippen molar-refractivity contribution >= 4 is 54.3 Å². The van der Waals surface area contributed by atoms with E-state index in [0.717, 1.165) is 38.8 Å². The lowest BCUT2D eigenvalue weighted by molar-refractivity contribution is 0.661. The first kappa shape index (κ1) is 29.2. The maximum atomic E-state index is 5.44. The van der Waals surface area contributed by atoms with Gasteiger partial charge in [0.05, 0.1) is 22.2 Å². The molecule has 0 atom stereocenters. The van der Waals surface area contributed by atoms with Gasteiger partial charge in [0.2, 0.25) is 5.95 Å². The first-order chi connectivity index (χ1) is 25.6. The Morgan fingerprint density at radius 3 is 1.96 bits per heavy atom. The smallest absolute Gasteiger partial charge is 0.235 e. The third-order valence-corrected chi connectivity index (χ3v) is 11.4. The molecule has 10 aromatic rings. The number of aromatic nitrogens is 3. The van der Waals surface area contributed by atoms with Crippen LogP contribution in [0, 0.1) is 0 Å². The zero-order valence-electron chi connectivity index (χ0n) is 28.9. The van der Waals surface area contributed by atoms with Gasteiger partial charge in [-0.2, -0.15) is 0 Å². The molecule has 0 saturated carbocycles. The van der Waals surface area contributed by atoms with Gasteiger partial charge in [-0.15, -0.1) is 0 Å². The molecule has 0 aliphatic heterocycles. The first-order valence-electron chi connectivity index (χ1n) is 18.0. The quantitative estimate of drug-likeness (QED) is 0.188. The monoisotopic (exact) mass is 663 g/mol. The van der Waals surface area contributed by atoms with Crippen molar-refractivity contribution in [2.75, 3.05) is 0 Å². The van der Waals surface area contributed by atoms with Crippen LogP contribution in [-0.2, 0) is 5.41 Å². The van der Waals surface area contributed by atoms with Crippen molar-refractivity contribution in [1.29, 1.82) is 0 Å². The number of fused-ring (bicyclic) bond motifs is 11. The summed E-state index contributed by atoms with van der Waals surface area (Å²) in [5.74, 6) is 0.668. The predicted molar refractivity (Wildman–Crippen MR) is 217 cm³/mol. The summed E-state index contributed by atoms with van der Waals surface area (Å²) < 4.78 is 2.34. The van der Waals surface area contributed by atoms with Crippen molar-refractivity contribution in [3.63, 3.8) is 0 Å². The second-order valence-electron chi connectivity index (χ2n) is 14.6. The number of hydrogen-bond acceptors (Lipinski definition) is 2. The van der Waals surface area contributed by atoms with Crippen molar-refractivity contribution in [2.24, 2.45) is 0 Å². The summed E-state index contributed by atoms with van der Waals surface area (Å²) in [7, 11) is 0. The molecule has 2 aromatic heterocycles. The number of para-hydroxylation sites is 2. The third kappa shape index (κ3) is 4.02. The second-order valence-corrected chi connectivity index (χ2v) is 14.6. The van der Waals surface area contributed by atoms with E-state index < -0.39 is 0 Å². The lowest BCUT2D eigenvalue weighted by Crippen LogP contribution is -2.15. The summed E-state index contributed by atoms with van der Waals surface area (Å²) in [5, 5.41) is 8.37. The summed E-state index contributed by atoms with van der Waals surface area (Å²) in [4.78, 5) is 10.8. The Morgan fingerprint density at radius 2 is 1.12 bits per heavy atom. The van der Waals surface area contributed by atoms with Crippen LogP contribution in [0.25, 0.3) is 93.7 Å². The molecule has 0 N–H and O–H groups in total. The van der Waals surface area contributed by atoms with Gasteiger partial charge in [-0.1, -0.05) is 166 Å². The van der Waals surface area contributed by atoms with E-state index in [1.807, 2.05) is 0 Å². The molecule has 0 unspecified atom stereocenters. The van der Waals surface area contributed by atoms with Crippen molar-refractivity contribution in [3.8, 4) is 39.5 Å². The maximum absolute atomic E-state index is 5.44. The van der Waals surface area contributed by atoms with Crippen LogP contribution >= 0.6 is 0 Å². The predicted octanol–water partition coefficient (Wildman–Crippen LogP) is 12.7. The Kier molecular flexibility index (Phi) is 6.01. The Bertz CT molecular complexity index is 3100. The zero-order valence-corrected chi connectivity index (χ0v) is 28.9. The van der Waals surface area contributed by atoms with Crippen LogP contribution in [0.1, 0.15) is 25.0 Å². The molecular formula is C49H33N3. The van der Waals surface area contributed by atoms with E-state index in [4.69, 9.17) is 9.97 Å². The number of hydrogen-bond donors (Lipinski definition) is 0. The molecule has 11 rings (SSSR count). The minimum atomic E-state index is -0.145. The fraction of sp³-hybridized carbons (Fsp3) is 0.0612. The zero-order chi connectivity index (χ0) is 34.6. The average Bonchev–Trinajstić information content (AvgIpc) is 3.66. The van der Waals surface area contributed by atoms with Gasteiger partial charge < -0.3 is 0 Å². The minimum absolute atomic E-state index is 0.145. The average molecular weight is 664 g/mol. The summed E-state index contributed by atoms with van der Waals surface area (Å²) >= 11 is 0. The van der Waals surface area contributed by atoms with Crippen LogP contribution in [-0.4, -0.2) is 14.5 Å². The minimum Gasteiger partial charge on any atom is -0.277 e. The Labute approximate surface area is 301 Å². The van der Waals surface area contributed by atoms with E-state index in [-0.39, 0.29) is 5.41 Å². The molecule has 0 saturated heterocycles. The largest absolute Gasteiger partial charge is 0.277 e. The molecule has 2 heterocycles. The highest BCUT2D eigenvalue weighted by Gasteiger charge is 2.37. The normalized spacial score (nSPS) is 13.3. The van der Waals surface area contributed by atoms with Crippen molar-refractivity contribution in [1.82, 2.24) is 14.5 Å². The molecule has 1 aliphatic carbocycles. The van der Waals surface area contributed by atoms with E-state index in [2.05, 4.69) is 182 Å². The van der Waals surface area contributed by atoms with Gasteiger partial charge in [-0.3, -0.25) is 4.57 Å². The Balaban J connectivity index is 1.24. The van der Waals surface area contributed by atoms with Crippen LogP contribution in [0.5, 0.6) is 0 Å². The highest BCUT2D eigenvalue weighted by Crippen LogP contribution is 2.52. The topological polar surface area (TPSA) is 30.7 Å². The SMILES string of the molecule is CC1(C)c2cc(-c3cccc4c5ccc6ccccc6c5n(-c5nc(-c6ccccc6)c6ccccc6n5)c34)ccc2-c2c1ccc1ccccc21. The second kappa shape index (κ2) is 10.7. The van der Waals surface area contributed by atoms with Gasteiger partial charge in [0.25, 0.3) is 0 Å². The highest BCUT2D eigenvalue weighted by atomic mass is 15.2. The molecule has 0 fully saturated rings. The molecule has 8 aromatic carbocycles. The van der Waals surface area contributed by atoms with E-state index >= 15 is 0 Å². The molecule has 0 amide bonds. The molecule has 52 heavy (non-hydrogen) atoms. The van der Waals surface area contributed by atoms with E-state index in [9.17, 15) is 0 Å². The molecule has 244 valence electrons. The fourth-order valence-electron chi connectivity index (χ4n) is 8.91. The van der Waals surface area contributed by atoms with E-state index in [0.29, 0.717) is 5.95 Å². The summed E-state index contributed by atoms with van der Waals surface area (Å²) in [5.41, 5.74) is 12.8. The van der Waals surface area contributed by atoms with Crippen molar-refractivity contribution in [3.05, 3.63) is 175 Å². The first-order valence-corrected chi connectivity index (χ1v) is 18.0. The number of rotatable bonds is 3. The molecule has 3 nitrogen and oxygen atoms in total. The van der Waals surface area contributed by atoms with Crippen molar-refractivity contribution < 1.29 is 0 Å². The maximum Gasteiger partial charge on any atom is 0.235 e.